The number of rotatable bonds is 4. The Kier molecular flexibility index (Phi) is 5.00. The molecule has 2 amide bonds. The zero-order valence-electron chi connectivity index (χ0n) is 12.1. The fraction of sp³-hybridized carbons (Fsp3) is 0.125. The largest absolute Gasteiger partial charge is 0.325 e. The van der Waals surface area contributed by atoms with Crippen LogP contribution in [-0.2, 0) is 9.59 Å². The van der Waals surface area contributed by atoms with Crippen molar-refractivity contribution in [1.29, 1.82) is 0 Å². The van der Waals surface area contributed by atoms with Crippen LogP contribution in [-0.4, -0.2) is 18.4 Å². The highest BCUT2D eigenvalue weighted by atomic mass is 19.1. The molecule has 0 aliphatic carbocycles. The summed E-state index contributed by atoms with van der Waals surface area (Å²) < 4.78 is 40.4. The molecule has 1 N–H and O–H groups in total. The van der Waals surface area contributed by atoms with Crippen molar-refractivity contribution in [2.75, 3.05) is 16.8 Å². The Morgan fingerprint density at radius 1 is 1.00 bits per heavy atom. The molecule has 0 radical (unpaired) electrons. The number of hydrogen-bond acceptors (Lipinski definition) is 2. The maximum Gasteiger partial charge on any atom is 0.244 e. The predicted octanol–water partition coefficient (Wildman–Crippen LogP) is 3.10. The monoisotopic (exact) mass is 322 g/mol. The summed E-state index contributed by atoms with van der Waals surface area (Å²) >= 11 is 0. The van der Waals surface area contributed by atoms with Crippen molar-refractivity contribution in [2.24, 2.45) is 0 Å². The second-order valence-corrected chi connectivity index (χ2v) is 4.73. The highest BCUT2D eigenvalue weighted by Crippen LogP contribution is 2.23. The van der Waals surface area contributed by atoms with Crippen LogP contribution >= 0.6 is 0 Å². The van der Waals surface area contributed by atoms with Crippen LogP contribution in [0.5, 0.6) is 0 Å². The van der Waals surface area contributed by atoms with Gasteiger partial charge < -0.3 is 5.32 Å². The lowest BCUT2D eigenvalue weighted by atomic mass is 10.2. The van der Waals surface area contributed by atoms with E-state index in [1.165, 1.54) is 12.1 Å². The molecule has 4 nitrogen and oxygen atoms in total. The number of nitrogens with one attached hydrogen (secondary N) is 1. The minimum Gasteiger partial charge on any atom is -0.325 e. The zero-order valence-corrected chi connectivity index (χ0v) is 12.1. The highest BCUT2D eigenvalue weighted by Gasteiger charge is 2.22. The Balaban J connectivity index is 2.18. The third kappa shape index (κ3) is 4.09. The first-order chi connectivity index (χ1) is 10.9. The molecule has 23 heavy (non-hydrogen) atoms. The zero-order chi connectivity index (χ0) is 17.0. The van der Waals surface area contributed by atoms with Crippen LogP contribution in [0, 0.1) is 17.5 Å². The van der Waals surface area contributed by atoms with Gasteiger partial charge in [0.2, 0.25) is 11.8 Å². The average molecular weight is 322 g/mol. The van der Waals surface area contributed by atoms with Gasteiger partial charge in [0.1, 0.15) is 29.7 Å². The third-order valence-electron chi connectivity index (χ3n) is 3.02. The Bertz CT molecular complexity index is 712. The minimum absolute atomic E-state index is 0.300. The lowest BCUT2D eigenvalue weighted by Gasteiger charge is -2.21. The first-order valence-corrected chi connectivity index (χ1v) is 6.66. The summed E-state index contributed by atoms with van der Waals surface area (Å²) in [6.45, 7) is 0.515. The predicted molar refractivity (Wildman–Crippen MR) is 79.4 cm³/mol. The first kappa shape index (κ1) is 16.5. The van der Waals surface area contributed by atoms with Crippen molar-refractivity contribution in [2.45, 2.75) is 6.92 Å². The number of halogens is 3. The van der Waals surface area contributed by atoms with Gasteiger partial charge in [0.05, 0.1) is 0 Å². The van der Waals surface area contributed by atoms with Crippen LogP contribution in [0.2, 0.25) is 0 Å². The van der Waals surface area contributed by atoms with Crippen molar-refractivity contribution in [3.05, 3.63) is 59.9 Å². The van der Waals surface area contributed by atoms with Gasteiger partial charge in [0, 0.05) is 12.6 Å². The third-order valence-corrected chi connectivity index (χ3v) is 3.02. The molecule has 2 aromatic rings. The van der Waals surface area contributed by atoms with E-state index >= 15 is 0 Å². The van der Waals surface area contributed by atoms with Gasteiger partial charge >= 0.3 is 0 Å². The van der Waals surface area contributed by atoms with Crippen molar-refractivity contribution in [3.8, 4) is 0 Å². The Morgan fingerprint density at radius 3 is 2.09 bits per heavy atom. The van der Waals surface area contributed by atoms with Crippen LogP contribution in [0.1, 0.15) is 6.92 Å². The lowest BCUT2D eigenvalue weighted by Crippen LogP contribution is -2.37. The molecule has 0 saturated heterocycles. The molecular weight excluding hydrogens is 309 g/mol. The van der Waals surface area contributed by atoms with Gasteiger partial charge in [-0.05, 0) is 36.4 Å². The standard InChI is InChI=1S/C16H13F3N2O2/c1-10(22)21(16-13(18)3-2-4-14(16)19)9-15(23)20-12-7-5-11(17)6-8-12/h2-8H,9H2,1H3,(H,20,23). The molecular formula is C16H13F3N2O2. The number of carbonyl (C=O) groups is 2. The SMILES string of the molecule is CC(=O)N(CC(=O)Nc1ccc(F)cc1)c1c(F)cccc1F. The lowest BCUT2D eigenvalue weighted by molar-refractivity contribution is -0.120. The maximum absolute atomic E-state index is 13.8. The van der Waals surface area contributed by atoms with Crippen LogP contribution in [0.25, 0.3) is 0 Å². The van der Waals surface area contributed by atoms with E-state index in [1.807, 2.05) is 0 Å². The topological polar surface area (TPSA) is 49.4 Å². The number of hydrogen-bond donors (Lipinski definition) is 1. The van der Waals surface area contributed by atoms with E-state index in [0.717, 1.165) is 37.3 Å². The molecule has 0 unspecified atom stereocenters. The van der Waals surface area contributed by atoms with Gasteiger partial charge in [0.15, 0.2) is 0 Å². The van der Waals surface area contributed by atoms with E-state index in [1.54, 1.807) is 0 Å². The molecule has 120 valence electrons. The first-order valence-electron chi connectivity index (χ1n) is 6.66. The second-order valence-electron chi connectivity index (χ2n) is 4.73. The molecule has 0 fully saturated rings. The molecule has 0 aliphatic heterocycles. The van der Waals surface area contributed by atoms with Gasteiger partial charge in [-0.2, -0.15) is 0 Å². The van der Waals surface area contributed by atoms with E-state index < -0.39 is 41.5 Å². The van der Waals surface area contributed by atoms with Gasteiger partial charge in [0.25, 0.3) is 0 Å². The summed E-state index contributed by atoms with van der Waals surface area (Å²) in [5.74, 6) is -3.73. The molecule has 0 heterocycles. The maximum atomic E-state index is 13.8. The number of anilines is 2. The number of carbonyl (C=O) groups excluding carboxylic acids is 2. The van der Waals surface area contributed by atoms with E-state index in [0.29, 0.717) is 10.6 Å². The molecule has 0 atom stereocenters. The fourth-order valence-electron chi connectivity index (χ4n) is 1.97. The molecule has 0 bridgehead atoms. The Labute approximate surface area is 130 Å². The van der Waals surface area contributed by atoms with Crippen LogP contribution in [0.4, 0.5) is 24.5 Å². The van der Waals surface area contributed by atoms with Crippen molar-refractivity contribution < 1.29 is 22.8 Å². The van der Waals surface area contributed by atoms with Crippen LogP contribution in [0.3, 0.4) is 0 Å². The summed E-state index contributed by atoms with van der Waals surface area (Å²) in [7, 11) is 0. The number of nitrogens with zero attached hydrogens (tertiary/aromatic N) is 1. The second kappa shape index (κ2) is 6.95. The number of amides is 2. The summed E-state index contributed by atoms with van der Waals surface area (Å²) in [5.41, 5.74) is -0.289. The van der Waals surface area contributed by atoms with Crippen molar-refractivity contribution >= 4 is 23.2 Å². The molecule has 0 spiro atoms. The molecule has 0 saturated carbocycles. The van der Waals surface area contributed by atoms with E-state index in [-0.39, 0.29) is 0 Å². The molecule has 2 rings (SSSR count). The van der Waals surface area contributed by atoms with Gasteiger partial charge in [-0.25, -0.2) is 13.2 Å². The molecule has 7 heteroatoms. The summed E-state index contributed by atoms with van der Waals surface area (Å²) in [6, 6.07) is 8.09. The fourth-order valence-corrected chi connectivity index (χ4v) is 1.97. The van der Waals surface area contributed by atoms with Crippen molar-refractivity contribution in [1.82, 2.24) is 0 Å². The highest BCUT2D eigenvalue weighted by molar-refractivity contribution is 6.01. The summed E-state index contributed by atoms with van der Waals surface area (Å²) in [4.78, 5) is 24.3. The average Bonchev–Trinajstić information content (AvgIpc) is 2.48. The smallest absolute Gasteiger partial charge is 0.244 e. The normalized spacial score (nSPS) is 10.3. The molecule has 2 aromatic carbocycles. The van der Waals surface area contributed by atoms with E-state index in [9.17, 15) is 22.8 Å². The number of para-hydroxylation sites is 1. The summed E-state index contributed by atoms with van der Waals surface area (Å²) in [5, 5.41) is 2.42. The Morgan fingerprint density at radius 2 is 1.57 bits per heavy atom. The van der Waals surface area contributed by atoms with Crippen LogP contribution in [0.15, 0.2) is 42.5 Å². The van der Waals surface area contributed by atoms with Crippen LogP contribution < -0.4 is 10.2 Å². The van der Waals surface area contributed by atoms with Crippen molar-refractivity contribution in [3.63, 3.8) is 0 Å². The quantitative estimate of drug-likeness (QED) is 0.940. The molecule has 0 aromatic heterocycles. The van der Waals surface area contributed by atoms with Gasteiger partial charge in [-0.15, -0.1) is 0 Å². The Hall–Kier alpha value is -2.83. The number of benzene rings is 2. The minimum atomic E-state index is -0.949. The summed E-state index contributed by atoms with van der Waals surface area (Å²) in [6.07, 6.45) is 0. The molecule has 0 aliphatic rings. The van der Waals surface area contributed by atoms with E-state index in [2.05, 4.69) is 5.32 Å². The van der Waals surface area contributed by atoms with Gasteiger partial charge in [-0.1, -0.05) is 6.07 Å². The van der Waals surface area contributed by atoms with E-state index in [4.69, 9.17) is 0 Å². The van der Waals surface area contributed by atoms with Gasteiger partial charge in [-0.3, -0.25) is 14.5 Å².